The Morgan fingerprint density at radius 1 is 1.11 bits per heavy atom. The zero-order chi connectivity index (χ0) is 13.8. The fourth-order valence-corrected chi connectivity index (χ4v) is 2.73. The van der Waals surface area contributed by atoms with Gasteiger partial charge in [-0.25, -0.2) is 4.39 Å². The molecule has 0 spiro atoms. The molecule has 0 amide bonds. The third kappa shape index (κ3) is 3.29. The molecule has 0 N–H and O–H groups in total. The Labute approximate surface area is 123 Å². The summed E-state index contributed by atoms with van der Waals surface area (Å²) in [6.07, 6.45) is 0.556. The third-order valence-corrected chi connectivity index (χ3v) is 3.98. The lowest BCUT2D eigenvalue weighted by Gasteiger charge is -2.17. The van der Waals surface area contributed by atoms with Crippen molar-refractivity contribution in [2.24, 2.45) is 0 Å². The van der Waals surface area contributed by atoms with Gasteiger partial charge in [-0.15, -0.1) is 11.6 Å². The molecule has 0 bridgehead atoms. The van der Waals surface area contributed by atoms with Gasteiger partial charge in [0.1, 0.15) is 5.82 Å². The first kappa shape index (κ1) is 14.4. The highest BCUT2D eigenvalue weighted by molar-refractivity contribution is 6.30. The molecular formula is C16H15Cl2F. The van der Waals surface area contributed by atoms with E-state index in [0.29, 0.717) is 17.9 Å². The number of aryl methyl sites for hydroxylation is 1. The van der Waals surface area contributed by atoms with Crippen LogP contribution >= 0.6 is 23.2 Å². The quantitative estimate of drug-likeness (QED) is 0.667. The topological polar surface area (TPSA) is 0 Å². The number of benzene rings is 2. The van der Waals surface area contributed by atoms with Crippen LogP contribution in [0.2, 0.25) is 5.02 Å². The third-order valence-electron chi connectivity index (χ3n) is 3.31. The van der Waals surface area contributed by atoms with Crippen molar-refractivity contribution in [3.05, 3.63) is 70.0 Å². The highest BCUT2D eigenvalue weighted by Crippen LogP contribution is 2.28. The van der Waals surface area contributed by atoms with Crippen molar-refractivity contribution in [1.29, 1.82) is 0 Å². The van der Waals surface area contributed by atoms with Crippen molar-refractivity contribution in [2.45, 2.75) is 19.3 Å². The van der Waals surface area contributed by atoms with Crippen molar-refractivity contribution in [2.75, 3.05) is 5.88 Å². The Hall–Kier alpha value is -1.05. The predicted molar refractivity (Wildman–Crippen MR) is 79.8 cm³/mol. The molecule has 0 saturated carbocycles. The Kier molecular flexibility index (Phi) is 4.84. The second-order valence-corrected chi connectivity index (χ2v) is 5.34. The van der Waals surface area contributed by atoms with E-state index in [2.05, 4.69) is 0 Å². The van der Waals surface area contributed by atoms with Crippen LogP contribution in [0.5, 0.6) is 0 Å². The van der Waals surface area contributed by atoms with Crippen LogP contribution in [-0.2, 0) is 6.42 Å². The summed E-state index contributed by atoms with van der Waals surface area (Å²) in [5.74, 6) is 0.209. The molecule has 1 atom stereocenters. The Bertz CT molecular complexity index is 566. The first-order valence-electron chi connectivity index (χ1n) is 6.18. The average molecular weight is 297 g/mol. The first-order valence-corrected chi connectivity index (χ1v) is 7.09. The SMILES string of the molecule is Cc1ccccc1C(CCl)Cc1cccc(Cl)c1F. The normalized spacial score (nSPS) is 12.4. The van der Waals surface area contributed by atoms with Gasteiger partial charge in [0.25, 0.3) is 0 Å². The van der Waals surface area contributed by atoms with Crippen molar-refractivity contribution >= 4 is 23.2 Å². The molecule has 0 aliphatic rings. The molecule has 1 unspecified atom stereocenters. The monoisotopic (exact) mass is 296 g/mol. The van der Waals surface area contributed by atoms with E-state index in [1.54, 1.807) is 18.2 Å². The number of hydrogen-bond acceptors (Lipinski definition) is 0. The molecule has 0 aliphatic heterocycles. The van der Waals surface area contributed by atoms with E-state index in [9.17, 15) is 4.39 Å². The fourth-order valence-electron chi connectivity index (χ4n) is 2.26. The molecule has 0 aliphatic carbocycles. The maximum Gasteiger partial charge on any atom is 0.144 e. The van der Waals surface area contributed by atoms with Crippen molar-refractivity contribution < 1.29 is 4.39 Å². The van der Waals surface area contributed by atoms with Crippen LogP contribution in [0.4, 0.5) is 4.39 Å². The van der Waals surface area contributed by atoms with Gasteiger partial charge in [-0.3, -0.25) is 0 Å². The van der Waals surface area contributed by atoms with E-state index in [1.165, 1.54) is 5.56 Å². The first-order chi connectivity index (χ1) is 9.13. The summed E-state index contributed by atoms with van der Waals surface area (Å²) >= 11 is 11.9. The highest BCUT2D eigenvalue weighted by Gasteiger charge is 2.16. The summed E-state index contributed by atoms with van der Waals surface area (Å²) in [6, 6.07) is 13.2. The van der Waals surface area contributed by atoms with Gasteiger partial charge in [0, 0.05) is 11.8 Å². The van der Waals surface area contributed by atoms with Gasteiger partial charge in [0.15, 0.2) is 0 Å². The number of alkyl halides is 1. The number of halogens is 3. The van der Waals surface area contributed by atoms with Gasteiger partial charge in [-0.05, 0) is 36.1 Å². The maximum atomic E-state index is 13.9. The molecule has 0 fully saturated rings. The maximum absolute atomic E-state index is 13.9. The fraction of sp³-hybridized carbons (Fsp3) is 0.250. The molecule has 0 saturated heterocycles. The largest absolute Gasteiger partial charge is 0.205 e. The smallest absolute Gasteiger partial charge is 0.144 e. The van der Waals surface area contributed by atoms with Gasteiger partial charge >= 0.3 is 0 Å². The molecule has 3 heteroatoms. The lowest BCUT2D eigenvalue weighted by Crippen LogP contribution is -2.08. The minimum Gasteiger partial charge on any atom is -0.205 e. The Morgan fingerprint density at radius 3 is 2.53 bits per heavy atom. The van der Waals surface area contributed by atoms with Gasteiger partial charge in [-0.2, -0.15) is 0 Å². The average Bonchev–Trinajstić information content (AvgIpc) is 2.41. The molecule has 2 aromatic carbocycles. The van der Waals surface area contributed by atoms with Crippen LogP contribution in [0.3, 0.4) is 0 Å². The van der Waals surface area contributed by atoms with Gasteiger partial charge in [0.2, 0.25) is 0 Å². The highest BCUT2D eigenvalue weighted by atomic mass is 35.5. The van der Waals surface area contributed by atoms with Crippen LogP contribution in [-0.4, -0.2) is 5.88 Å². The molecule has 0 heterocycles. The van der Waals surface area contributed by atoms with E-state index in [1.807, 2.05) is 31.2 Å². The predicted octanol–water partition coefficient (Wildman–Crippen LogP) is 5.35. The molecule has 0 aromatic heterocycles. The van der Waals surface area contributed by atoms with Crippen LogP contribution in [0, 0.1) is 12.7 Å². The molecule has 2 rings (SSSR count). The lowest BCUT2D eigenvalue weighted by atomic mass is 9.90. The van der Waals surface area contributed by atoms with Crippen molar-refractivity contribution in [3.8, 4) is 0 Å². The second kappa shape index (κ2) is 6.40. The summed E-state index contributed by atoms with van der Waals surface area (Å²) in [7, 11) is 0. The van der Waals surface area contributed by atoms with Gasteiger partial charge in [-0.1, -0.05) is 48.0 Å². The standard InChI is InChI=1S/C16H15Cl2F/c1-11-5-2-3-7-14(11)13(10-17)9-12-6-4-8-15(18)16(12)19/h2-8,13H,9-10H2,1H3. The zero-order valence-electron chi connectivity index (χ0n) is 10.7. The van der Waals surface area contributed by atoms with Crippen LogP contribution in [0.15, 0.2) is 42.5 Å². The molecule has 2 aromatic rings. The Morgan fingerprint density at radius 2 is 1.84 bits per heavy atom. The molecule has 0 nitrogen and oxygen atoms in total. The summed E-state index contributed by atoms with van der Waals surface area (Å²) in [5, 5.41) is 0.163. The van der Waals surface area contributed by atoms with Crippen LogP contribution in [0.25, 0.3) is 0 Å². The minimum atomic E-state index is -0.340. The molecule has 0 radical (unpaired) electrons. The van der Waals surface area contributed by atoms with Gasteiger partial charge in [0.05, 0.1) is 5.02 Å². The van der Waals surface area contributed by atoms with Crippen molar-refractivity contribution in [1.82, 2.24) is 0 Å². The van der Waals surface area contributed by atoms with E-state index in [0.717, 1.165) is 5.56 Å². The van der Waals surface area contributed by atoms with E-state index < -0.39 is 0 Å². The second-order valence-electron chi connectivity index (χ2n) is 4.62. The van der Waals surface area contributed by atoms with Crippen LogP contribution < -0.4 is 0 Å². The van der Waals surface area contributed by atoms with E-state index in [4.69, 9.17) is 23.2 Å². The van der Waals surface area contributed by atoms with Crippen molar-refractivity contribution in [3.63, 3.8) is 0 Å². The van der Waals surface area contributed by atoms with E-state index in [-0.39, 0.29) is 16.8 Å². The summed E-state index contributed by atoms with van der Waals surface area (Å²) in [4.78, 5) is 0. The Balaban J connectivity index is 2.30. The minimum absolute atomic E-state index is 0.0934. The molecule has 19 heavy (non-hydrogen) atoms. The molecule has 100 valence electrons. The molecular weight excluding hydrogens is 282 g/mol. The summed E-state index contributed by atoms with van der Waals surface area (Å²) in [5.41, 5.74) is 2.95. The summed E-state index contributed by atoms with van der Waals surface area (Å²) < 4.78 is 13.9. The zero-order valence-corrected chi connectivity index (χ0v) is 12.2. The number of rotatable bonds is 4. The van der Waals surface area contributed by atoms with Crippen LogP contribution in [0.1, 0.15) is 22.6 Å². The lowest BCUT2D eigenvalue weighted by molar-refractivity contribution is 0.598. The van der Waals surface area contributed by atoms with Gasteiger partial charge < -0.3 is 0 Å². The number of hydrogen-bond donors (Lipinski definition) is 0. The van der Waals surface area contributed by atoms with E-state index >= 15 is 0 Å². The summed E-state index contributed by atoms with van der Waals surface area (Å²) in [6.45, 7) is 2.04.